The van der Waals surface area contributed by atoms with Gasteiger partial charge in [0.25, 0.3) is 0 Å². The molecule has 100 valence electrons. The summed E-state index contributed by atoms with van der Waals surface area (Å²) < 4.78 is 14.9. The van der Waals surface area contributed by atoms with Gasteiger partial charge in [0.1, 0.15) is 5.82 Å². The Morgan fingerprint density at radius 2 is 2.33 bits per heavy atom. The van der Waals surface area contributed by atoms with Gasteiger partial charge in [0.15, 0.2) is 0 Å². The first-order chi connectivity index (χ1) is 8.58. The van der Waals surface area contributed by atoms with E-state index in [4.69, 9.17) is 0 Å². The number of halogens is 2. The van der Waals surface area contributed by atoms with Crippen LogP contribution in [0.5, 0.6) is 0 Å². The van der Waals surface area contributed by atoms with E-state index in [1.807, 2.05) is 23.9 Å². The third kappa shape index (κ3) is 2.75. The number of thioether (sulfide) groups is 1. The molecule has 1 nitrogen and oxygen atoms in total. The van der Waals surface area contributed by atoms with Crippen molar-refractivity contribution < 1.29 is 4.39 Å². The number of hydrogen-bond acceptors (Lipinski definition) is 2. The van der Waals surface area contributed by atoms with Gasteiger partial charge in [-0.1, -0.05) is 19.1 Å². The average molecular weight is 332 g/mol. The van der Waals surface area contributed by atoms with Crippen LogP contribution < -0.4 is 5.32 Å². The summed E-state index contributed by atoms with van der Waals surface area (Å²) in [6.07, 6.45) is 2.36. The number of rotatable bonds is 4. The fourth-order valence-corrected chi connectivity index (χ4v) is 4.43. The van der Waals surface area contributed by atoms with Gasteiger partial charge >= 0.3 is 0 Å². The quantitative estimate of drug-likeness (QED) is 0.870. The highest BCUT2D eigenvalue weighted by molar-refractivity contribution is 9.10. The van der Waals surface area contributed by atoms with Gasteiger partial charge in [0, 0.05) is 16.4 Å². The molecule has 0 saturated carbocycles. The fourth-order valence-electron chi connectivity index (χ4n) is 2.63. The van der Waals surface area contributed by atoms with Gasteiger partial charge in [-0.15, -0.1) is 0 Å². The van der Waals surface area contributed by atoms with Crippen LogP contribution >= 0.6 is 27.7 Å². The molecule has 1 heterocycles. The molecule has 1 aliphatic heterocycles. The van der Waals surface area contributed by atoms with Crippen LogP contribution in [0.3, 0.4) is 0 Å². The van der Waals surface area contributed by atoms with Crippen molar-refractivity contribution in [3.63, 3.8) is 0 Å². The van der Waals surface area contributed by atoms with Crippen molar-refractivity contribution in [2.75, 3.05) is 12.3 Å². The minimum absolute atomic E-state index is 0.0764. The Kier molecular flexibility index (Phi) is 4.73. The van der Waals surface area contributed by atoms with Crippen molar-refractivity contribution in [2.24, 2.45) is 0 Å². The molecule has 18 heavy (non-hydrogen) atoms. The summed E-state index contributed by atoms with van der Waals surface area (Å²) in [5, 5.41) is 3.47. The van der Waals surface area contributed by atoms with Crippen LogP contribution in [0, 0.1) is 5.82 Å². The summed E-state index contributed by atoms with van der Waals surface area (Å²) in [5.41, 5.74) is 0.781. The normalized spacial score (nSPS) is 25.3. The Morgan fingerprint density at radius 3 is 2.94 bits per heavy atom. The molecular weight excluding hydrogens is 313 g/mol. The lowest BCUT2D eigenvalue weighted by Crippen LogP contribution is -2.38. The maximum Gasteiger partial charge on any atom is 0.142 e. The van der Waals surface area contributed by atoms with Crippen molar-refractivity contribution in [3.05, 3.63) is 34.1 Å². The third-order valence-corrected chi connectivity index (χ3v) is 5.77. The zero-order valence-electron chi connectivity index (χ0n) is 10.8. The molecule has 1 aliphatic rings. The second kappa shape index (κ2) is 5.93. The first kappa shape index (κ1) is 14.4. The monoisotopic (exact) mass is 331 g/mol. The molecule has 4 heteroatoms. The Hall–Kier alpha value is -0.0600. The van der Waals surface area contributed by atoms with Crippen LogP contribution in [-0.4, -0.2) is 17.0 Å². The van der Waals surface area contributed by atoms with Crippen LogP contribution in [0.15, 0.2) is 22.7 Å². The minimum Gasteiger partial charge on any atom is -0.309 e. The van der Waals surface area contributed by atoms with Crippen LogP contribution in [0.2, 0.25) is 0 Å². The Morgan fingerprint density at radius 1 is 1.56 bits per heavy atom. The van der Waals surface area contributed by atoms with E-state index in [9.17, 15) is 4.39 Å². The van der Waals surface area contributed by atoms with E-state index >= 15 is 0 Å². The van der Waals surface area contributed by atoms with E-state index in [0.29, 0.717) is 4.47 Å². The molecule has 1 fully saturated rings. The van der Waals surface area contributed by atoms with Gasteiger partial charge in [0.05, 0.1) is 4.47 Å². The lowest BCUT2D eigenvalue weighted by molar-refractivity contribution is 0.406. The minimum atomic E-state index is -0.128. The predicted octanol–water partition coefficient (Wildman–Crippen LogP) is 4.52. The zero-order valence-corrected chi connectivity index (χ0v) is 13.2. The molecule has 2 rings (SSSR count). The summed E-state index contributed by atoms with van der Waals surface area (Å²) in [6.45, 7) is 5.18. The number of benzene rings is 1. The number of nitrogens with one attached hydrogen (secondary N) is 1. The van der Waals surface area contributed by atoms with E-state index < -0.39 is 0 Å². The van der Waals surface area contributed by atoms with E-state index in [-0.39, 0.29) is 16.6 Å². The summed E-state index contributed by atoms with van der Waals surface area (Å²) in [7, 11) is 0. The first-order valence-corrected chi connectivity index (χ1v) is 8.17. The van der Waals surface area contributed by atoms with E-state index in [2.05, 4.69) is 35.1 Å². The summed E-state index contributed by atoms with van der Waals surface area (Å²) in [5.74, 6) is 1.05. The van der Waals surface area contributed by atoms with Crippen LogP contribution in [0.25, 0.3) is 0 Å². The van der Waals surface area contributed by atoms with E-state index in [1.54, 1.807) is 6.07 Å². The van der Waals surface area contributed by atoms with Gasteiger partial charge in [-0.2, -0.15) is 11.8 Å². The Bertz CT molecular complexity index is 418. The molecule has 2 atom stereocenters. The molecule has 0 radical (unpaired) electrons. The van der Waals surface area contributed by atoms with Gasteiger partial charge in [0.2, 0.25) is 0 Å². The molecule has 0 aliphatic carbocycles. The molecule has 1 N–H and O–H groups in total. The summed E-state index contributed by atoms with van der Waals surface area (Å²) in [6, 6.07) is 5.65. The van der Waals surface area contributed by atoms with Crippen LogP contribution in [-0.2, 0) is 0 Å². The average Bonchev–Trinajstić information content (AvgIpc) is 2.78. The fraction of sp³-hybridized carbons (Fsp3) is 0.571. The van der Waals surface area contributed by atoms with Gasteiger partial charge < -0.3 is 5.32 Å². The SMILES string of the molecule is CCNC(c1cccc(Br)c1F)C1(C)CCCS1. The van der Waals surface area contributed by atoms with Crippen LogP contribution in [0.4, 0.5) is 4.39 Å². The largest absolute Gasteiger partial charge is 0.309 e. The summed E-state index contributed by atoms with van der Waals surface area (Å²) in [4.78, 5) is 0. The molecule has 0 aromatic heterocycles. The maximum atomic E-state index is 14.3. The molecule has 0 spiro atoms. The topological polar surface area (TPSA) is 12.0 Å². The molecule has 2 unspecified atom stereocenters. The second-order valence-electron chi connectivity index (χ2n) is 4.90. The van der Waals surface area contributed by atoms with Crippen molar-refractivity contribution >= 4 is 27.7 Å². The molecule has 1 aromatic carbocycles. The lowest BCUT2D eigenvalue weighted by Gasteiger charge is -2.34. The molecular formula is C14H19BrFNS. The predicted molar refractivity (Wildman–Crippen MR) is 80.6 cm³/mol. The van der Waals surface area contributed by atoms with Gasteiger partial charge in [-0.25, -0.2) is 4.39 Å². The summed E-state index contributed by atoms with van der Waals surface area (Å²) >= 11 is 5.24. The smallest absolute Gasteiger partial charge is 0.142 e. The van der Waals surface area contributed by atoms with Crippen molar-refractivity contribution in [1.29, 1.82) is 0 Å². The third-order valence-electron chi connectivity index (χ3n) is 3.56. The lowest BCUT2D eigenvalue weighted by atomic mass is 9.90. The second-order valence-corrected chi connectivity index (χ2v) is 7.38. The van der Waals surface area contributed by atoms with Crippen molar-refractivity contribution in [1.82, 2.24) is 5.32 Å². The maximum absolute atomic E-state index is 14.3. The molecule has 0 bridgehead atoms. The number of hydrogen-bond donors (Lipinski definition) is 1. The van der Waals surface area contributed by atoms with E-state index in [1.165, 1.54) is 12.2 Å². The van der Waals surface area contributed by atoms with E-state index in [0.717, 1.165) is 18.5 Å². The van der Waals surface area contributed by atoms with Crippen LogP contribution in [0.1, 0.15) is 38.3 Å². The molecule has 1 aromatic rings. The Labute approximate surface area is 121 Å². The molecule has 1 saturated heterocycles. The van der Waals surface area contributed by atoms with Gasteiger partial charge in [-0.05, 0) is 54.1 Å². The highest BCUT2D eigenvalue weighted by Gasteiger charge is 2.39. The Balaban J connectivity index is 2.38. The zero-order chi connectivity index (χ0) is 13.2. The highest BCUT2D eigenvalue weighted by Crippen LogP contribution is 2.47. The standard InChI is InChI=1S/C14H19BrFNS/c1-3-17-13(14(2)8-5-9-18-14)10-6-4-7-11(15)12(10)16/h4,6-7,13,17H,3,5,8-9H2,1-2H3. The highest BCUT2D eigenvalue weighted by atomic mass is 79.9. The van der Waals surface area contributed by atoms with Gasteiger partial charge in [-0.3, -0.25) is 0 Å². The van der Waals surface area contributed by atoms with Crippen molar-refractivity contribution in [2.45, 2.75) is 37.5 Å². The van der Waals surface area contributed by atoms with Crippen molar-refractivity contribution in [3.8, 4) is 0 Å². The molecule has 0 amide bonds. The first-order valence-electron chi connectivity index (χ1n) is 6.40.